The quantitative estimate of drug-likeness (QED) is 0.246. The maximum atomic E-state index is 12.3. The molecule has 0 saturated carbocycles. The molecule has 0 unspecified atom stereocenters. The minimum absolute atomic E-state index is 0.208. The molecule has 0 aliphatic carbocycles. The highest BCUT2D eigenvalue weighted by Gasteiger charge is 2.14. The molecule has 31 heavy (non-hydrogen) atoms. The van der Waals surface area contributed by atoms with Crippen LogP contribution in [0.1, 0.15) is 38.3 Å². The first-order valence-electron chi connectivity index (χ1n) is 9.86. The van der Waals surface area contributed by atoms with Gasteiger partial charge >= 0.3 is 5.69 Å². The third-order valence-electron chi connectivity index (χ3n) is 4.44. The molecule has 0 radical (unpaired) electrons. The van der Waals surface area contributed by atoms with Crippen molar-refractivity contribution in [1.82, 2.24) is 19.8 Å². The van der Waals surface area contributed by atoms with E-state index in [1.807, 2.05) is 26.0 Å². The van der Waals surface area contributed by atoms with Crippen LogP contribution in [0.2, 0.25) is 0 Å². The molecule has 0 saturated heterocycles. The summed E-state index contributed by atoms with van der Waals surface area (Å²) >= 11 is 0. The van der Waals surface area contributed by atoms with Gasteiger partial charge in [-0.3, -0.25) is 0 Å². The number of tetrazole rings is 1. The normalized spacial score (nSPS) is 12.9. The summed E-state index contributed by atoms with van der Waals surface area (Å²) in [5.74, 6) is 0.452. The molecule has 2 rings (SSSR count). The molecule has 0 atom stereocenters. The van der Waals surface area contributed by atoms with Gasteiger partial charge in [0.25, 0.3) is 0 Å². The lowest BCUT2D eigenvalue weighted by molar-refractivity contribution is 0.0753. The van der Waals surface area contributed by atoms with Crippen LogP contribution in [0.4, 0.5) is 0 Å². The van der Waals surface area contributed by atoms with Crippen LogP contribution in [0.25, 0.3) is 5.69 Å². The number of hydrogen-bond acceptors (Lipinski definition) is 9. The Labute approximate surface area is 181 Å². The summed E-state index contributed by atoms with van der Waals surface area (Å²) < 4.78 is 13.2. The maximum Gasteiger partial charge on any atom is 0.368 e. The molecule has 0 amide bonds. The Hall–Kier alpha value is -3.34. The number of rotatable bonds is 10. The van der Waals surface area contributed by atoms with Crippen LogP contribution in [0.5, 0.6) is 0 Å². The van der Waals surface area contributed by atoms with Crippen molar-refractivity contribution in [2.75, 3.05) is 20.3 Å². The topological polar surface area (TPSA) is 117 Å². The van der Waals surface area contributed by atoms with Crippen molar-refractivity contribution in [3.8, 4) is 5.69 Å². The molecule has 2 aromatic rings. The summed E-state index contributed by atoms with van der Waals surface area (Å²) in [5, 5.41) is 20.1. The lowest BCUT2D eigenvalue weighted by Gasteiger charge is -2.13. The second kappa shape index (κ2) is 11.7. The Morgan fingerprint density at radius 3 is 2.55 bits per heavy atom. The second-order valence-electron chi connectivity index (χ2n) is 6.69. The van der Waals surface area contributed by atoms with Gasteiger partial charge in [-0.25, -0.2) is 4.79 Å². The Bertz CT molecular complexity index is 1020. The number of aromatic nitrogens is 4. The fourth-order valence-electron chi connectivity index (χ4n) is 2.43. The first-order chi connectivity index (χ1) is 14.9. The largest absolute Gasteiger partial charge is 0.475 e. The minimum Gasteiger partial charge on any atom is -0.475 e. The number of oxime groups is 1. The third kappa shape index (κ3) is 6.57. The molecule has 1 heterocycles. The molecule has 0 fully saturated rings. The Balaban J connectivity index is 2.16. The SMILES string of the molecule is CCC(=N/N=C(C)\C(C)=N\OCCOC)OCc1c(C)cccc1-n1nnn(C)c1=O. The third-order valence-corrected chi connectivity index (χ3v) is 4.44. The highest BCUT2D eigenvalue weighted by Crippen LogP contribution is 2.18. The van der Waals surface area contributed by atoms with Crippen molar-refractivity contribution in [2.24, 2.45) is 22.4 Å². The van der Waals surface area contributed by atoms with Gasteiger partial charge in [-0.05, 0) is 42.8 Å². The molecule has 0 N–H and O–H groups in total. The highest BCUT2D eigenvalue weighted by molar-refractivity contribution is 6.40. The zero-order chi connectivity index (χ0) is 22.8. The summed E-state index contributed by atoms with van der Waals surface area (Å²) in [5.41, 5.74) is 3.27. The van der Waals surface area contributed by atoms with Gasteiger partial charge in [0.05, 0.1) is 23.7 Å². The van der Waals surface area contributed by atoms with Crippen molar-refractivity contribution in [3.63, 3.8) is 0 Å². The van der Waals surface area contributed by atoms with Gasteiger partial charge in [0, 0.05) is 26.1 Å². The van der Waals surface area contributed by atoms with Gasteiger partial charge < -0.3 is 14.3 Å². The number of methoxy groups -OCH3 is 1. The van der Waals surface area contributed by atoms with E-state index < -0.39 is 0 Å². The van der Waals surface area contributed by atoms with Gasteiger partial charge in [-0.2, -0.15) is 14.5 Å². The summed E-state index contributed by atoms with van der Waals surface area (Å²) in [4.78, 5) is 17.4. The summed E-state index contributed by atoms with van der Waals surface area (Å²) in [7, 11) is 3.15. The van der Waals surface area contributed by atoms with Crippen LogP contribution in [0.3, 0.4) is 0 Å². The predicted molar refractivity (Wildman–Crippen MR) is 118 cm³/mol. The van der Waals surface area contributed by atoms with Crippen molar-refractivity contribution in [2.45, 2.75) is 40.7 Å². The van der Waals surface area contributed by atoms with Crippen molar-refractivity contribution >= 4 is 17.3 Å². The van der Waals surface area contributed by atoms with Crippen molar-refractivity contribution in [1.29, 1.82) is 0 Å². The zero-order valence-corrected chi connectivity index (χ0v) is 18.8. The van der Waals surface area contributed by atoms with Crippen LogP contribution in [-0.4, -0.2) is 57.4 Å². The van der Waals surface area contributed by atoms with E-state index >= 15 is 0 Å². The highest BCUT2D eigenvalue weighted by atomic mass is 16.6. The molecular weight excluding hydrogens is 402 g/mol. The lowest BCUT2D eigenvalue weighted by atomic mass is 10.1. The van der Waals surface area contributed by atoms with Crippen LogP contribution in [0.15, 0.2) is 38.4 Å². The fourth-order valence-corrected chi connectivity index (χ4v) is 2.43. The fraction of sp³-hybridized carbons (Fsp3) is 0.500. The predicted octanol–water partition coefficient (Wildman–Crippen LogP) is 2.01. The van der Waals surface area contributed by atoms with E-state index in [2.05, 4.69) is 25.8 Å². The van der Waals surface area contributed by atoms with Gasteiger partial charge in [0.15, 0.2) is 0 Å². The molecule has 11 heteroatoms. The molecular formula is C20H29N7O4. The smallest absolute Gasteiger partial charge is 0.368 e. The van der Waals surface area contributed by atoms with E-state index in [9.17, 15) is 4.79 Å². The average Bonchev–Trinajstić information content (AvgIpc) is 3.09. The van der Waals surface area contributed by atoms with E-state index in [1.54, 1.807) is 34.1 Å². The van der Waals surface area contributed by atoms with Gasteiger partial charge in [-0.15, -0.1) is 5.10 Å². The standard InChI is InChI=1S/C20H29N7O4/c1-7-19(22-21-15(3)16(4)23-31-12-11-29-6)30-13-17-14(2)9-8-10-18(17)27-20(28)26(5)24-25-27/h8-10H,7,11-13H2,1-6H3/b21-15-,22-19?,23-16+. The maximum absolute atomic E-state index is 12.3. The van der Waals surface area contributed by atoms with Crippen molar-refractivity contribution < 1.29 is 14.3 Å². The second-order valence-corrected chi connectivity index (χ2v) is 6.69. The Kier molecular flexibility index (Phi) is 9.07. The molecule has 1 aromatic carbocycles. The molecule has 0 aliphatic rings. The van der Waals surface area contributed by atoms with E-state index in [4.69, 9.17) is 14.3 Å². The van der Waals surface area contributed by atoms with Gasteiger partial charge in [0.1, 0.15) is 13.2 Å². The van der Waals surface area contributed by atoms with E-state index in [-0.39, 0.29) is 12.3 Å². The van der Waals surface area contributed by atoms with E-state index in [0.717, 1.165) is 11.1 Å². The zero-order valence-electron chi connectivity index (χ0n) is 18.8. The molecule has 1 aromatic heterocycles. The first-order valence-corrected chi connectivity index (χ1v) is 9.86. The van der Waals surface area contributed by atoms with E-state index in [1.165, 1.54) is 9.36 Å². The van der Waals surface area contributed by atoms with Crippen molar-refractivity contribution in [3.05, 3.63) is 39.8 Å². The Morgan fingerprint density at radius 2 is 1.90 bits per heavy atom. The first kappa shape index (κ1) is 23.9. The molecule has 11 nitrogen and oxygen atoms in total. The summed E-state index contributed by atoms with van der Waals surface area (Å²) in [6.45, 7) is 8.46. The van der Waals surface area contributed by atoms with Crippen LogP contribution < -0.4 is 5.69 Å². The van der Waals surface area contributed by atoms with Gasteiger partial charge in [0.2, 0.25) is 5.90 Å². The average molecular weight is 431 g/mol. The Morgan fingerprint density at radius 1 is 1.13 bits per heavy atom. The number of aryl methyl sites for hydroxylation is 2. The van der Waals surface area contributed by atoms with E-state index in [0.29, 0.717) is 42.6 Å². The number of benzene rings is 1. The molecule has 0 spiro atoms. The minimum atomic E-state index is -0.334. The van der Waals surface area contributed by atoms with Gasteiger partial charge in [-0.1, -0.05) is 24.2 Å². The molecule has 0 aliphatic heterocycles. The van der Waals surface area contributed by atoms with Crippen LogP contribution in [0, 0.1) is 6.92 Å². The lowest BCUT2D eigenvalue weighted by Crippen LogP contribution is -2.23. The van der Waals surface area contributed by atoms with Crippen LogP contribution in [-0.2, 0) is 28.0 Å². The number of nitrogens with zero attached hydrogens (tertiary/aromatic N) is 7. The molecule has 0 bridgehead atoms. The summed E-state index contributed by atoms with van der Waals surface area (Å²) in [6.07, 6.45) is 0.545. The molecule has 168 valence electrons. The summed E-state index contributed by atoms with van der Waals surface area (Å²) in [6, 6.07) is 5.60. The number of ether oxygens (including phenoxy) is 2. The number of hydrogen-bond donors (Lipinski definition) is 0. The monoisotopic (exact) mass is 431 g/mol. The van der Waals surface area contributed by atoms with Crippen LogP contribution >= 0.6 is 0 Å².